The molecule has 8 nitrogen and oxygen atoms in total. The van der Waals surface area contributed by atoms with Crippen LogP contribution in [0.5, 0.6) is 5.75 Å². The van der Waals surface area contributed by atoms with E-state index in [2.05, 4.69) is 25.0 Å². The van der Waals surface area contributed by atoms with Crippen molar-refractivity contribution in [2.24, 2.45) is 0 Å². The van der Waals surface area contributed by atoms with Crippen molar-refractivity contribution in [2.75, 3.05) is 12.8 Å². The lowest BCUT2D eigenvalue weighted by Gasteiger charge is -2.07. The lowest BCUT2D eigenvalue weighted by atomic mass is 10.3. The highest BCUT2D eigenvalue weighted by Crippen LogP contribution is 2.24. The van der Waals surface area contributed by atoms with Crippen molar-refractivity contribution in [3.8, 4) is 23.2 Å². The van der Waals surface area contributed by atoms with Crippen LogP contribution in [0.3, 0.4) is 0 Å². The van der Waals surface area contributed by atoms with Crippen LogP contribution in [0.25, 0.3) is 17.5 Å². The van der Waals surface area contributed by atoms with E-state index >= 15 is 0 Å². The summed E-state index contributed by atoms with van der Waals surface area (Å²) in [5.41, 5.74) is 6.22. The van der Waals surface area contributed by atoms with Crippen LogP contribution in [0.2, 0.25) is 0 Å². The zero-order valence-electron chi connectivity index (χ0n) is 10.6. The highest BCUT2D eigenvalue weighted by atomic mass is 16.5. The smallest absolute Gasteiger partial charge is 0.255 e. The molecule has 0 bridgehead atoms. The Kier molecular flexibility index (Phi) is 2.96. The molecular weight excluding hydrogens is 258 g/mol. The first-order valence-corrected chi connectivity index (χ1v) is 5.79. The van der Waals surface area contributed by atoms with Gasteiger partial charge in [-0.2, -0.15) is 20.1 Å². The Morgan fingerprint density at radius 3 is 2.80 bits per heavy atom. The predicted octanol–water partition coefficient (Wildman–Crippen LogP) is 0.710. The lowest BCUT2D eigenvalue weighted by molar-refractivity contribution is 0.414. The number of nitrogens with two attached hydrogens (primary N) is 1. The third-order valence-corrected chi connectivity index (χ3v) is 2.55. The molecule has 0 unspecified atom stereocenters. The molecule has 3 aromatic heterocycles. The zero-order chi connectivity index (χ0) is 13.9. The highest BCUT2D eigenvalue weighted by Gasteiger charge is 2.13. The quantitative estimate of drug-likeness (QED) is 0.746. The van der Waals surface area contributed by atoms with Gasteiger partial charge in [-0.25, -0.2) is 9.67 Å². The standard InChI is InChI=1S/C12H11N7O/c1-20-8-4-2-5-14-9(8)10-16-11(13)18-12(17-10)19-7-3-6-15-19/h2-7H,1H3,(H2,13,16,17,18). The van der Waals surface area contributed by atoms with E-state index in [-0.39, 0.29) is 5.95 Å². The van der Waals surface area contributed by atoms with Crippen molar-refractivity contribution in [1.29, 1.82) is 0 Å². The van der Waals surface area contributed by atoms with E-state index in [4.69, 9.17) is 10.5 Å². The van der Waals surface area contributed by atoms with Crippen LogP contribution in [0.15, 0.2) is 36.8 Å². The molecule has 3 rings (SSSR count). The Balaban J connectivity index is 2.15. The van der Waals surface area contributed by atoms with Crippen molar-refractivity contribution >= 4 is 5.95 Å². The number of nitrogen functional groups attached to an aromatic ring is 1. The lowest BCUT2D eigenvalue weighted by Crippen LogP contribution is -2.08. The number of rotatable bonds is 3. The molecule has 0 radical (unpaired) electrons. The molecule has 0 fully saturated rings. The second-order valence-electron chi connectivity index (χ2n) is 3.82. The monoisotopic (exact) mass is 269 g/mol. The third kappa shape index (κ3) is 2.14. The maximum absolute atomic E-state index is 5.72. The zero-order valence-corrected chi connectivity index (χ0v) is 10.6. The van der Waals surface area contributed by atoms with E-state index in [0.29, 0.717) is 23.2 Å². The summed E-state index contributed by atoms with van der Waals surface area (Å²) in [6.07, 6.45) is 4.97. The van der Waals surface area contributed by atoms with Crippen LogP contribution < -0.4 is 10.5 Å². The van der Waals surface area contributed by atoms with Gasteiger partial charge in [0.25, 0.3) is 5.95 Å². The fourth-order valence-electron chi connectivity index (χ4n) is 1.70. The molecule has 0 atom stereocenters. The first kappa shape index (κ1) is 12.0. The molecule has 3 heterocycles. The maximum atomic E-state index is 5.72. The van der Waals surface area contributed by atoms with Gasteiger partial charge in [0.05, 0.1) is 7.11 Å². The van der Waals surface area contributed by atoms with E-state index in [1.54, 1.807) is 43.9 Å². The molecule has 0 saturated heterocycles. The molecule has 0 aliphatic heterocycles. The number of methoxy groups -OCH3 is 1. The number of nitrogens with zero attached hydrogens (tertiary/aromatic N) is 6. The number of pyridine rings is 1. The second kappa shape index (κ2) is 4.92. The van der Waals surface area contributed by atoms with Crippen LogP contribution in [0.1, 0.15) is 0 Å². The summed E-state index contributed by atoms with van der Waals surface area (Å²) in [5.74, 6) is 1.31. The molecule has 2 N–H and O–H groups in total. The van der Waals surface area contributed by atoms with Gasteiger partial charge in [-0.3, -0.25) is 0 Å². The van der Waals surface area contributed by atoms with E-state index in [1.165, 1.54) is 4.68 Å². The van der Waals surface area contributed by atoms with Crippen LogP contribution in [-0.4, -0.2) is 36.8 Å². The van der Waals surface area contributed by atoms with Crippen molar-refractivity contribution < 1.29 is 4.74 Å². The molecule has 0 aliphatic carbocycles. The van der Waals surface area contributed by atoms with Crippen LogP contribution in [0, 0.1) is 0 Å². The fraction of sp³-hybridized carbons (Fsp3) is 0.0833. The molecule has 3 aromatic rings. The Hall–Kier alpha value is -3.03. The maximum Gasteiger partial charge on any atom is 0.255 e. The number of anilines is 1. The van der Waals surface area contributed by atoms with Crippen molar-refractivity contribution in [2.45, 2.75) is 0 Å². The Morgan fingerprint density at radius 1 is 1.15 bits per heavy atom. The SMILES string of the molecule is COc1cccnc1-c1nc(N)nc(-n2cccn2)n1. The van der Waals surface area contributed by atoms with Gasteiger partial charge >= 0.3 is 0 Å². The number of hydrogen-bond acceptors (Lipinski definition) is 7. The topological polar surface area (TPSA) is 105 Å². The van der Waals surface area contributed by atoms with Crippen molar-refractivity contribution in [1.82, 2.24) is 29.7 Å². The van der Waals surface area contributed by atoms with Crippen LogP contribution in [0.4, 0.5) is 5.95 Å². The number of aromatic nitrogens is 6. The average Bonchev–Trinajstić information content (AvgIpc) is 3.01. The van der Waals surface area contributed by atoms with Crippen LogP contribution >= 0.6 is 0 Å². The van der Waals surface area contributed by atoms with Gasteiger partial charge in [0.15, 0.2) is 5.82 Å². The number of ether oxygens (including phenoxy) is 1. The second-order valence-corrected chi connectivity index (χ2v) is 3.82. The molecule has 0 aliphatic rings. The first-order valence-electron chi connectivity index (χ1n) is 5.79. The average molecular weight is 269 g/mol. The Labute approximate surface area is 114 Å². The summed E-state index contributed by atoms with van der Waals surface area (Å²) in [6.45, 7) is 0. The van der Waals surface area contributed by atoms with Gasteiger partial charge in [-0.1, -0.05) is 0 Å². The molecule has 8 heteroatoms. The third-order valence-electron chi connectivity index (χ3n) is 2.55. The predicted molar refractivity (Wildman–Crippen MR) is 71.1 cm³/mol. The minimum Gasteiger partial charge on any atom is -0.494 e. The van der Waals surface area contributed by atoms with Gasteiger partial charge in [0.2, 0.25) is 5.95 Å². The summed E-state index contributed by atoms with van der Waals surface area (Å²) in [4.78, 5) is 16.7. The molecule has 20 heavy (non-hydrogen) atoms. The van der Waals surface area contributed by atoms with E-state index < -0.39 is 0 Å². The summed E-state index contributed by atoms with van der Waals surface area (Å²) in [5, 5.41) is 4.06. The Bertz CT molecular complexity index is 726. The minimum atomic E-state index is 0.0909. The summed E-state index contributed by atoms with van der Waals surface area (Å²) >= 11 is 0. The van der Waals surface area contributed by atoms with E-state index in [0.717, 1.165) is 0 Å². The normalized spacial score (nSPS) is 10.4. The van der Waals surface area contributed by atoms with Crippen molar-refractivity contribution in [3.63, 3.8) is 0 Å². The molecule has 100 valence electrons. The van der Waals surface area contributed by atoms with Gasteiger partial charge < -0.3 is 10.5 Å². The molecular formula is C12H11N7O. The highest BCUT2D eigenvalue weighted by molar-refractivity contribution is 5.59. The summed E-state index contributed by atoms with van der Waals surface area (Å²) in [7, 11) is 1.56. The van der Waals surface area contributed by atoms with E-state index in [9.17, 15) is 0 Å². The van der Waals surface area contributed by atoms with Gasteiger partial charge in [-0.15, -0.1) is 0 Å². The summed E-state index contributed by atoms with van der Waals surface area (Å²) in [6, 6.07) is 5.30. The van der Waals surface area contributed by atoms with Gasteiger partial charge in [-0.05, 0) is 18.2 Å². The molecule has 0 aromatic carbocycles. The van der Waals surface area contributed by atoms with Gasteiger partial charge in [0.1, 0.15) is 11.4 Å². The Morgan fingerprint density at radius 2 is 2.05 bits per heavy atom. The molecule has 0 saturated carbocycles. The fourth-order valence-corrected chi connectivity index (χ4v) is 1.70. The molecule has 0 amide bonds. The van der Waals surface area contributed by atoms with Gasteiger partial charge in [0, 0.05) is 18.6 Å². The largest absolute Gasteiger partial charge is 0.494 e. The van der Waals surface area contributed by atoms with Crippen LogP contribution in [-0.2, 0) is 0 Å². The minimum absolute atomic E-state index is 0.0909. The molecule has 0 spiro atoms. The summed E-state index contributed by atoms with van der Waals surface area (Å²) < 4.78 is 6.74. The number of hydrogen-bond donors (Lipinski definition) is 1. The van der Waals surface area contributed by atoms with Crippen molar-refractivity contribution in [3.05, 3.63) is 36.8 Å². The van der Waals surface area contributed by atoms with E-state index in [1.807, 2.05) is 0 Å². The first-order chi connectivity index (χ1) is 9.78.